The van der Waals surface area contributed by atoms with Gasteiger partial charge in [-0.25, -0.2) is 4.98 Å². The Hall–Kier alpha value is -2.28. The van der Waals surface area contributed by atoms with Gasteiger partial charge in [0.15, 0.2) is 0 Å². The highest BCUT2D eigenvalue weighted by molar-refractivity contribution is 7.98. The van der Waals surface area contributed by atoms with Gasteiger partial charge in [-0.3, -0.25) is 9.59 Å². The third kappa shape index (κ3) is 4.04. The number of rotatable bonds is 5. The molecule has 1 aliphatic heterocycles. The Morgan fingerprint density at radius 3 is 2.76 bits per heavy atom. The van der Waals surface area contributed by atoms with E-state index in [4.69, 9.17) is 5.73 Å². The molecular weight excluding hydrogens is 336 g/mol. The van der Waals surface area contributed by atoms with E-state index in [0.29, 0.717) is 12.1 Å². The number of carbonyl (C=O) groups is 2. The third-order valence-electron chi connectivity index (χ3n) is 4.48. The first kappa shape index (κ1) is 17.5. The van der Waals surface area contributed by atoms with Crippen LogP contribution in [0.5, 0.6) is 0 Å². The summed E-state index contributed by atoms with van der Waals surface area (Å²) in [6, 6.07) is 7.70. The highest BCUT2D eigenvalue weighted by Crippen LogP contribution is 2.27. The Bertz CT molecular complexity index is 757. The third-order valence-corrected chi connectivity index (χ3v) is 5.23. The SMILES string of the molecule is CSc1ccc(C(=O)N2CCCC(c3nccn3CC(N)=O)C2)cc1. The van der Waals surface area contributed by atoms with Crippen molar-refractivity contribution in [2.75, 3.05) is 19.3 Å². The normalized spacial score (nSPS) is 17.5. The molecule has 2 N–H and O–H groups in total. The molecule has 2 aromatic rings. The average molecular weight is 358 g/mol. The van der Waals surface area contributed by atoms with Gasteiger partial charge in [0.1, 0.15) is 12.4 Å². The van der Waals surface area contributed by atoms with Crippen molar-refractivity contribution in [2.45, 2.75) is 30.2 Å². The molecule has 132 valence electrons. The number of hydrogen-bond donors (Lipinski definition) is 1. The van der Waals surface area contributed by atoms with Crippen LogP contribution < -0.4 is 5.73 Å². The summed E-state index contributed by atoms with van der Waals surface area (Å²) in [5.41, 5.74) is 6.01. The number of thioether (sulfide) groups is 1. The number of imidazole rings is 1. The average Bonchev–Trinajstić information content (AvgIpc) is 3.08. The number of amides is 2. The Morgan fingerprint density at radius 2 is 2.08 bits per heavy atom. The molecule has 2 amide bonds. The molecule has 1 saturated heterocycles. The first-order chi connectivity index (χ1) is 12.1. The summed E-state index contributed by atoms with van der Waals surface area (Å²) in [6.45, 7) is 1.48. The van der Waals surface area contributed by atoms with Crippen molar-refractivity contribution in [3.8, 4) is 0 Å². The topological polar surface area (TPSA) is 81.2 Å². The highest BCUT2D eigenvalue weighted by Gasteiger charge is 2.28. The minimum atomic E-state index is -0.392. The molecule has 0 aliphatic carbocycles. The first-order valence-electron chi connectivity index (χ1n) is 8.31. The Balaban J connectivity index is 1.73. The minimum absolute atomic E-state index is 0.0466. The molecule has 0 radical (unpaired) electrons. The summed E-state index contributed by atoms with van der Waals surface area (Å²) in [5.74, 6) is 0.605. The van der Waals surface area contributed by atoms with E-state index in [9.17, 15) is 9.59 Å². The Kier molecular flexibility index (Phi) is 5.43. The van der Waals surface area contributed by atoms with Gasteiger partial charge in [0.2, 0.25) is 5.91 Å². The maximum Gasteiger partial charge on any atom is 0.253 e. The van der Waals surface area contributed by atoms with Crippen molar-refractivity contribution in [3.63, 3.8) is 0 Å². The van der Waals surface area contributed by atoms with E-state index in [1.54, 1.807) is 28.7 Å². The van der Waals surface area contributed by atoms with Gasteiger partial charge in [0.25, 0.3) is 5.91 Å². The van der Waals surface area contributed by atoms with E-state index in [-0.39, 0.29) is 18.4 Å². The number of hydrogen-bond acceptors (Lipinski definition) is 4. The molecule has 0 bridgehead atoms. The number of carbonyl (C=O) groups excluding carboxylic acids is 2. The molecule has 2 heterocycles. The van der Waals surface area contributed by atoms with Gasteiger partial charge in [-0.05, 0) is 43.4 Å². The van der Waals surface area contributed by atoms with Crippen molar-refractivity contribution in [3.05, 3.63) is 48.0 Å². The van der Waals surface area contributed by atoms with E-state index < -0.39 is 5.91 Å². The second-order valence-corrected chi connectivity index (χ2v) is 7.08. The number of likely N-dealkylation sites (tertiary alicyclic amines) is 1. The minimum Gasteiger partial charge on any atom is -0.368 e. The van der Waals surface area contributed by atoms with Crippen LogP contribution in [-0.4, -0.2) is 45.6 Å². The van der Waals surface area contributed by atoms with E-state index in [0.717, 1.165) is 30.1 Å². The van der Waals surface area contributed by atoms with Crippen molar-refractivity contribution in [1.82, 2.24) is 14.5 Å². The van der Waals surface area contributed by atoms with Gasteiger partial charge in [-0.1, -0.05) is 0 Å². The number of primary amides is 1. The molecule has 1 aliphatic rings. The zero-order valence-corrected chi connectivity index (χ0v) is 15.0. The molecule has 1 fully saturated rings. The van der Waals surface area contributed by atoms with Crippen LogP contribution in [-0.2, 0) is 11.3 Å². The van der Waals surface area contributed by atoms with Crippen LogP contribution in [0, 0.1) is 0 Å². The predicted octanol–water partition coefficient (Wildman–Crippen LogP) is 2.11. The van der Waals surface area contributed by atoms with Gasteiger partial charge < -0.3 is 15.2 Å². The molecule has 1 aromatic carbocycles. The highest BCUT2D eigenvalue weighted by atomic mass is 32.2. The smallest absolute Gasteiger partial charge is 0.253 e. The molecule has 0 saturated carbocycles. The molecule has 25 heavy (non-hydrogen) atoms. The van der Waals surface area contributed by atoms with Crippen molar-refractivity contribution < 1.29 is 9.59 Å². The van der Waals surface area contributed by atoms with E-state index >= 15 is 0 Å². The number of nitrogens with two attached hydrogens (primary N) is 1. The molecule has 7 heteroatoms. The fraction of sp³-hybridized carbons (Fsp3) is 0.389. The van der Waals surface area contributed by atoms with Gasteiger partial charge in [-0.15, -0.1) is 11.8 Å². The maximum atomic E-state index is 12.8. The van der Waals surface area contributed by atoms with Crippen LogP contribution in [0.2, 0.25) is 0 Å². The van der Waals surface area contributed by atoms with E-state index in [2.05, 4.69) is 4.98 Å². The van der Waals surface area contributed by atoms with Gasteiger partial charge in [0, 0.05) is 41.9 Å². The van der Waals surface area contributed by atoms with Crippen LogP contribution in [0.25, 0.3) is 0 Å². The molecule has 1 aromatic heterocycles. The largest absolute Gasteiger partial charge is 0.368 e. The van der Waals surface area contributed by atoms with E-state index in [1.807, 2.05) is 35.4 Å². The first-order valence-corrected chi connectivity index (χ1v) is 9.53. The summed E-state index contributed by atoms with van der Waals surface area (Å²) in [4.78, 5) is 31.4. The molecule has 0 spiro atoms. The monoisotopic (exact) mass is 358 g/mol. The summed E-state index contributed by atoms with van der Waals surface area (Å²) < 4.78 is 1.79. The van der Waals surface area contributed by atoms with Crippen molar-refractivity contribution in [2.24, 2.45) is 5.73 Å². The van der Waals surface area contributed by atoms with Crippen LogP contribution >= 0.6 is 11.8 Å². The fourth-order valence-electron chi connectivity index (χ4n) is 3.27. The quantitative estimate of drug-likeness (QED) is 0.830. The van der Waals surface area contributed by atoms with Gasteiger partial charge in [0.05, 0.1) is 0 Å². The lowest BCUT2D eigenvalue weighted by atomic mass is 9.96. The fourth-order valence-corrected chi connectivity index (χ4v) is 3.68. The van der Waals surface area contributed by atoms with Crippen LogP contribution in [0.3, 0.4) is 0 Å². The summed E-state index contributed by atoms with van der Waals surface area (Å²) in [5, 5.41) is 0. The lowest BCUT2D eigenvalue weighted by molar-refractivity contribution is -0.118. The molecular formula is C18H22N4O2S. The number of aromatic nitrogens is 2. The summed E-state index contributed by atoms with van der Waals surface area (Å²) in [7, 11) is 0. The molecule has 1 unspecified atom stereocenters. The molecule has 1 atom stereocenters. The number of piperidine rings is 1. The van der Waals surface area contributed by atoms with Gasteiger partial charge in [-0.2, -0.15) is 0 Å². The zero-order chi connectivity index (χ0) is 17.8. The van der Waals surface area contributed by atoms with Crippen LogP contribution in [0.1, 0.15) is 34.9 Å². The van der Waals surface area contributed by atoms with E-state index in [1.165, 1.54) is 0 Å². The maximum absolute atomic E-state index is 12.8. The zero-order valence-electron chi connectivity index (χ0n) is 14.2. The summed E-state index contributed by atoms with van der Waals surface area (Å²) in [6.07, 6.45) is 7.33. The van der Waals surface area contributed by atoms with Crippen LogP contribution in [0.15, 0.2) is 41.6 Å². The Morgan fingerprint density at radius 1 is 1.32 bits per heavy atom. The standard InChI is InChI=1S/C18H22N4O2S/c1-25-15-6-4-13(5-7-15)18(24)22-9-2-3-14(11-22)17-20-8-10-21(17)12-16(19)23/h4-8,10,14H,2-3,9,11-12H2,1H3,(H2,19,23). The van der Waals surface area contributed by atoms with Crippen molar-refractivity contribution >= 4 is 23.6 Å². The lowest BCUT2D eigenvalue weighted by Crippen LogP contribution is -2.40. The Labute approximate surface area is 151 Å². The predicted molar refractivity (Wildman–Crippen MR) is 97.5 cm³/mol. The van der Waals surface area contributed by atoms with Crippen molar-refractivity contribution in [1.29, 1.82) is 0 Å². The van der Waals surface area contributed by atoms with Crippen LogP contribution in [0.4, 0.5) is 0 Å². The number of benzene rings is 1. The molecule has 6 nitrogen and oxygen atoms in total. The molecule has 3 rings (SSSR count). The lowest BCUT2D eigenvalue weighted by Gasteiger charge is -2.32. The summed E-state index contributed by atoms with van der Waals surface area (Å²) >= 11 is 1.66. The second kappa shape index (κ2) is 7.74. The number of nitrogens with zero attached hydrogens (tertiary/aromatic N) is 3. The van der Waals surface area contributed by atoms with Gasteiger partial charge >= 0.3 is 0 Å². The second-order valence-electron chi connectivity index (χ2n) is 6.20.